The molecule has 0 radical (unpaired) electrons. The highest BCUT2D eigenvalue weighted by Crippen LogP contribution is 2.25. The smallest absolute Gasteiger partial charge is 0.412 e. The van der Waals surface area contributed by atoms with Crippen molar-refractivity contribution in [2.45, 2.75) is 45.4 Å². The molecule has 0 aromatic heterocycles. The Morgan fingerprint density at radius 1 is 1.24 bits per heavy atom. The van der Waals surface area contributed by atoms with Gasteiger partial charge in [0.05, 0.1) is 6.61 Å². The molecular weight excluding hydrogens is 266 g/mol. The molecule has 4 heteroatoms. The van der Waals surface area contributed by atoms with E-state index in [9.17, 15) is 4.79 Å². The number of carbonyl (C=O) groups is 1. The van der Waals surface area contributed by atoms with Gasteiger partial charge in [-0.15, -0.1) is 0 Å². The lowest BCUT2D eigenvalue weighted by Gasteiger charge is -2.21. The van der Waals surface area contributed by atoms with Crippen LogP contribution in [0.4, 0.5) is 4.79 Å². The fourth-order valence-electron chi connectivity index (χ4n) is 2.57. The first kappa shape index (κ1) is 15.7. The largest absolute Gasteiger partial charge is 0.493 e. The predicted molar refractivity (Wildman–Crippen MR) is 82.8 cm³/mol. The molecule has 21 heavy (non-hydrogen) atoms. The van der Waals surface area contributed by atoms with Crippen molar-refractivity contribution in [3.8, 4) is 11.5 Å². The molecular formula is C17H25NO3. The van der Waals surface area contributed by atoms with Gasteiger partial charge in [-0.25, -0.2) is 4.79 Å². The number of carbonyl (C=O) groups excluding carboxylic acids is 1. The molecule has 1 aromatic carbocycles. The van der Waals surface area contributed by atoms with Crippen molar-refractivity contribution in [1.29, 1.82) is 0 Å². The Hall–Kier alpha value is -1.71. The molecule has 1 N–H and O–H groups in total. The lowest BCUT2D eigenvalue weighted by Crippen LogP contribution is -2.27. The van der Waals surface area contributed by atoms with Crippen LogP contribution in [0.5, 0.6) is 11.5 Å². The minimum Gasteiger partial charge on any atom is -0.493 e. The van der Waals surface area contributed by atoms with Crippen LogP contribution in [-0.2, 0) is 0 Å². The fourth-order valence-corrected chi connectivity index (χ4v) is 2.57. The molecule has 1 amide bonds. The zero-order valence-corrected chi connectivity index (χ0v) is 12.8. The summed E-state index contributed by atoms with van der Waals surface area (Å²) in [6.45, 7) is 3.38. The van der Waals surface area contributed by atoms with Gasteiger partial charge in [-0.1, -0.05) is 32.3 Å². The van der Waals surface area contributed by atoms with Crippen LogP contribution in [-0.4, -0.2) is 19.2 Å². The van der Waals surface area contributed by atoms with Gasteiger partial charge in [-0.3, -0.25) is 0 Å². The third-order valence-electron chi connectivity index (χ3n) is 3.75. The van der Waals surface area contributed by atoms with Crippen LogP contribution in [0.25, 0.3) is 0 Å². The minimum absolute atomic E-state index is 0.415. The molecule has 1 aliphatic carbocycles. The van der Waals surface area contributed by atoms with E-state index in [1.807, 2.05) is 19.1 Å². The zero-order valence-electron chi connectivity index (χ0n) is 12.8. The molecule has 116 valence electrons. The van der Waals surface area contributed by atoms with Crippen LogP contribution < -0.4 is 14.8 Å². The molecule has 1 aliphatic rings. The van der Waals surface area contributed by atoms with Gasteiger partial charge >= 0.3 is 6.09 Å². The summed E-state index contributed by atoms with van der Waals surface area (Å²) in [5.74, 6) is 1.95. The molecule has 0 aliphatic heterocycles. The summed E-state index contributed by atoms with van der Waals surface area (Å²) >= 11 is 0. The van der Waals surface area contributed by atoms with Gasteiger partial charge in [0.15, 0.2) is 0 Å². The van der Waals surface area contributed by atoms with Gasteiger partial charge in [-0.05, 0) is 37.3 Å². The maximum absolute atomic E-state index is 11.5. The van der Waals surface area contributed by atoms with Crippen molar-refractivity contribution in [3.63, 3.8) is 0 Å². The maximum atomic E-state index is 11.5. The Bertz CT molecular complexity index is 441. The van der Waals surface area contributed by atoms with Gasteiger partial charge in [-0.2, -0.15) is 0 Å². The Kier molecular flexibility index (Phi) is 6.38. The number of benzene rings is 1. The van der Waals surface area contributed by atoms with Crippen molar-refractivity contribution < 1.29 is 14.3 Å². The highest BCUT2D eigenvalue weighted by atomic mass is 16.6. The van der Waals surface area contributed by atoms with Gasteiger partial charge in [0, 0.05) is 12.6 Å². The quantitative estimate of drug-likeness (QED) is 0.856. The molecule has 2 rings (SSSR count). The van der Waals surface area contributed by atoms with Crippen molar-refractivity contribution in [1.82, 2.24) is 5.32 Å². The molecule has 0 saturated heterocycles. The van der Waals surface area contributed by atoms with Crippen LogP contribution in [0.15, 0.2) is 24.3 Å². The van der Waals surface area contributed by atoms with E-state index in [4.69, 9.17) is 9.47 Å². The van der Waals surface area contributed by atoms with Crippen LogP contribution in [0, 0.1) is 5.92 Å². The zero-order chi connectivity index (χ0) is 14.9. The number of hydrogen-bond donors (Lipinski definition) is 1. The second kappa shape index (κ2) is 8.55. The van der Waals surface area contributed by atoms with E-state index >= 15 is 0 Å². The summed E-state index contributed by atoms with van der Waals surface area (Å²) in [4.78, 5) is 11.5. The lowest BCUT2D eigenvalue weighted by atomic mass is 9.90. The normalized spacial score (nSPS) is 15.5. The lowest BCUT2D eigenvalue weighted by molar-refractivity contribution is 0.198. The second-order valence-electron chi connectivity index (χ2n) is 5.61. The highest BCUT2D eigenvalue weighted by molar-refractivity contribution is 5.70. The molecule has 0 spiro atoms. The first-order valence-corrected chi connectivity index (χ1v) is 7.96. The van der Waals surface area contributed by atoms with Crippen LogP contribution >= 0.6 is 0 Å². The van der Waals surface area contributed by atoms with Crippen molar-refractivity contribution in [2.24, 2.45) is 5.92 Å². The maximum Gasteiger partial charge on any atom is 0.412 e. The van der Waals surface area contributed by atoms with Crippen molar-refractivity contribution in [2.75, 3.05) is 13.2 Å². The third kappa shape index (κ3) is 5.66. The summed E-state index contributed by atoms with van der Waals surface area (Å²) in [6, 6.07) is 7.28. The average Bonchev–Trinajstić information content (AvgIpc) is 2.52. The van der Waals surface area contributed by atoms with Gasteiger partial charge in [0.2, 0.25) is 0 Å². The van der Waals surface area contributed by atoms with E-state index in [-0.39, 0.29) is 0 Å². The van der Waals surface area contributed by atoms with Crippen LogP contribution in [0.1, 0.15) is 45.4 Å². The first-order chi connectivity index (χ1) is 10.3. The molecule has 0 atom stereocenters. The summed E-state index contributed by atoms with van der Waals surface area (Å²) in [5, 5.41) is 2.68. The Labute approximate surface area is 126 Å². The van der Waals surface area contributed by atoms with E-state index in [0.717, 1.165) is 18.8 Å². The molecule has 0 unspecified atom stereocenters. The number of ether oxygens (including phenoxy) is 2. The van der Waals surface area contributed by atoms with Crippen molar-refractivity contribution >= 4 is 6.09 Å². The van der Waals surface area contributed by atoms with Crippen molar-refractivity contribution in [3.05, 3.63) is 24.3 Å². The van der Waals surface area contributed by atoms with Gasteiger partial charge in [0.25, 0.3) is 0 Å². The number of rotatable bonds is 6. The van der Waals surface area contributed by atoms with E-state index in [1.54, 1.807) is 12.1 Å². The standard InChI is InChI=1S/C17H25NO3/c1-2-11-18-17(19)21-16-10-6-9-15(12-16)20-13-14-7-4-3-5-8-14/h6,9-10,12,14H,2-5,7-8,11,13H2,1H3,(H,18,19). The van der Waals surface area contributed by atoms with E-state index < -0.39 is 6.09 Å². The fraction of sp³-hybridized carbons (Fsp3) is 0.588. The Balaban J connectivity index is 1.80. The molecule has 0 bridgehead atoms. The Morgan fingerprint density at radius 2 is 2.00 bits per heavy atom. The number of nitrogens with one attached hydrogen (secondary N) is 1. The third-order valence-corrected chi connectivity index (χ3v) is 3.75. The molecule has 1 saturated carbocycles. The van der Waals surface area contributed by atoms with E-state index in [0.29, 0.717) is 18.2 Å². The second-order valence-corrected chi connectivity index (χ2v) is 5.61. The predicted octanol–water partition coefficient (Wildman–Crippen LogP) is 4.14. The molecule has 4 nitrogen and oxygen atoms in total. The summed E-state index contributed by atoms with van der Waals surface area (Å²) in [6.07, 6.45) is 6.97. The van der Waals surface area contributed by atoms with Crippen LogP contribution in [0.2, 0.25) is 0 Å². The highest BCUT2D eigenvalue weighted by Gasteiger charge is 2.14. The minimum atomic E-state index is -0.415. The van der Waals surface area contributed by atoms with E-state index in [1.165, 1.54) is 32.1 Å². The first-order valence-electron chi connectivity index (χ1n) is 7.96. The summed E-state index contributed by atoms with van der Waals surface area (Å²) < 4.78 is 11.1. The topological polar surface area (TPSA) is 47.6 Å². The van der Waals surface area contributed by atoms with Gasteiger partial charge < -0.3 is 14.8 Å². The number of hydrogen-bond acceptors (Lipinski definition) is 3. The summed E-state index contributed by atoms with van der Waals surface area (Å²) in [7, 11) is 0. The Morgan fingerprint density at radius 3 is 2.76 bits per heavy atom. The average molecular weight is 291 g/mol. The molecule has 0 heterocycles. The summed E-state index contributed by atoms with van der Waals surface area (Å²) in [5.41, 5.74) is 0. The SMILES string of the molecule is CCCNC(=O)Oc1cccc(OCC2CCCCC2)c1. The number of amides is 1. The molecule has 1 fully saturated rings. The van der Waals surface area contributed by atoms with Crippen LogP contribution in [0.3, 0.4) is 0 Å². The monoisotopic (exact) mass is 291 g/mol. The van der Waals surface area contributed by atoms with Gasteiger partial charge in [0.1, 0.15) is 11.5 Å². The van der Waals surface area contributed by atoms with E-state index in [2.05, 4.69) is 5.32 Å². The molecule has 1 aromatic rings.